The van der Waals surface area contributed by atoms with Gasteiger partial charge in [-0.3, -0.25) is 4.98 Å². The number of nitrogen functional groups attached to an aromatic ring is 1. The second-order valence-electron chi connectivity index (χ2n) is 4.03. The van der Waals surface area contributed by atoms with Crippen molar-refractivity contribution in [2.24, 2.45) is 0 Å². The Labute approximate surface area is 90.5 Å². The molecule has 0 saturated carbocycles. The second kappa shape index (κ2) is 5.09. The number of aromatic nitrogens is 1. The number of hydrogen-bond donors (Lipinski definition) is 3. The summed E-state index contributed by atoms with van der Waals surface area (Å²) in [5.41, 5.74) is 6.57. The number of nitrogens with zero attached hydrogens (tertiary/aromatic N) is 1. The largest absolute Gasteiger partial charge is 0.398 e. The molecule has 0 aliphatic rings. The third-order valence-electron chi connectivity index (χ3n) is 2.27. The average Bonchev–Trinajstić information content (AvgIpc) is 2.18. The molecule has 0 fully saturated rings. The lowest BCUT2D eigenvalue weighted by molar-refractivity contribution is 0.0608. The molecule has 4 N–H and O–H groups in total. The molecule has 0 amide bonds. The highest BCUT2D eigenvalue weighted by Crippen LogP contribution is 2.16. The van der Waals surface area contributed by atoms with Crippen LogP contribution >= 0.6 is 0 Å². The molecule has 0 saturated heterocycles. The molecule has 4 nitrogen and oxygen atoms in total. The van der Waals surface area contributed by atoms with Crippen molar-refractivity contribution in [1.29, 1.82) is 0 Å². The first-order valence-electron chi connectivity index (χ1n) is 5.16. The summed E-state index contributed by atoms with van der Waals surface area (Å²) < 4.78 is 0. The van der Waals surface area contributed by atoms with Gasteiger partial charge in [0.25, 0.3) is 0 Å². The van der Waals surface area contributed by atoms with E-state index in [2.05, 4.69) is 10.3 Å². The molecule has 0 aliphatic carbocycles. The van der Waals surface area contributed by atoms with E-state index in [9.17, 15) is 5.11 Å². The summed E-state index contributed by atoms with van der Waals surface area (Å²) in [5, 5.41) is 13.2. The first-order valence-corrected chi connectivity index (χ1v) is 5.16. The fourth-order valence-electron chi connectivity index (χ4n) is 1.45. The van der Waals surface area contributed by atoms with Gasteiger partial charge in [-0.2, -0.15) is 0 Å². The monoisotopic (exact) mass is 209 g/mol. The number of aliphatic hydroxyl groups is 1. The molecular formula is C11H19N3O. The minimum atomic E-state index is -0.785. The van der Waals surface area contributed by atoms with Gasteiger partial charge in [-0.05, 0) is 25.1 Å². The van der Waals surface area contributed by atoms with Crippen molar-refractivity contribution in [1.82, 2.24) is 10.3 Å². The fraction of sp³-hybridized carbons (Fsp3) is 0.545. The Balaban J connectivity index is 2.64. The smallest absolute Gasteiger partial charge is 0.0785 e. The quantitative estimate of drug-likeness (QED) is 0.663. The summed E-state index contributed by atoms with van der Waals surface area (Å²) in [6.45, 7) is 5.20. The number of nitrogens with one attached hydrogen (secondary N) is 1. The van der Waals surface area contributed by atoms with Gasteiger partial charge in [0, 0.05) is 31.0 Å². The molecule has 1 aromatic heterocycles. The molecule has 0 aromatic carbocycles. The molecule has 4 heteroatoms. The van der Waals surface area contributed by atoms with E-state index < -0.39 is 5.60 Å². The lowest BCUT2D eigenvalue weighted by Gasteiger charge is -2.24. The van der Waals surface area contributed by atoms with E-state index in [1.54, 1.807) is 25.4 Å². The van der Waals surface area contributed by atoms with Crippen LogP contribution in [-0.4, -0.2) is 28.8 Å². The Kier molecular flexibility index (Phi) is 4.05. The number of likely N-dealkylation sites (N-methyl/N-ethyl adjacent to an activating group) is 1. The van der Waals surface area contributed by atoms with Crippen molar-refractivity contribution in [3.8, 4) is 0 Å². The molecule has 0 radical (unpaired) electrons. The summed E-state index contributed by atoms with van der Waals surface area (Å²) in [5.74, 6) is 0. The Morgan fingerprint density at radius 1 is 1.60 bits per heavy atom. The van der Waals surface area contributed by atoms with Gasteiger partial charge in [-0.1, -0.05) is 6.92 Å². The molecule has 0 bridgehead atoms. The minimum absolute atomic E-state index is 0.514. The average molecular weight is 209 g/mol. The molecule has 1 atom stereocenters. The molecular weight excluding hydrogens is 190 g/mol. The molecule has 1 unspecified atom stereocenters. The molecule has 1 rings (SSSR count). The Morgan fingerprint density at radius 2 is 2.33 bits per heavy atom. The van der Waals surface area contributed by atoms with Crippen LogP contribution in [0.5, 0.6) is 0 Å². The second-order valence-corrected chi connectivity index (χ2v) is 4.03. The van der Waals surface area contributed by atoms with Gasteiger partial charge in [0.05, 0.1) is 5.60 Å². The first-order chi connectivity index (χ1) is 7.05. The van der Waals surface area contributed by atoms with E-state index in [-0.39, 0.29) is 0 Å². The summed E-state index contributed by atoms with van der Waals surface area (Å²) in [6, 6.07) is 1.75. The lowest BCUT2D eigenvalue weighted by atomic mass is 9.96. The molecule has 1 aromatic rings. The van der Waals surface area contributed by atoms with Crippen LogP contribution in [0.2, 0.25) is 0 Å². The summed E-state index contributed by atoms with van der Waals surface area (Å²) in [6.07, 6.45) is 3.87. The maximum absolute atomic E-state index is 10.1. The molecule has 84 valence electrons. The Hall–Kier alpha value is -1.13. The highest BCUT2D eigenvalue weighted by atomic mass is 16.3. The molecule has 1 heterocycles. The van der Waals surface area contributed by atoms with Crippen LogP contribution in [0.15, 0.2) is 18.5 Å². The predicted molar refractivity (Wildman–Crippen MR) is 61.5 cm³/mol. The van der Waals surface area contributed by atoms with Crippen molar-refractivity contribution in [2.45, 2.75) is 25.9 Å². The Bertz CT molecular complexity index is 312. The van der Waals surface area contributed by atoms with Gasteiger partial charge < -0.3 is 16.2 Å². The van der Waals surface area contributed by atoms with E-state index in [1.807, 2.05) is 6.92 Å². The van der Waals surface area contributed by atoms with E-state index in [1.165, 1.54) is 0 Å². The zero-order valence-electron chi connectivity index (χ0n) is 9.33. The van der Waals surface area contributed by atoms with Gasteiger partial charge in [0.2, 0.25) is 0 Å². The first kappa shape index (κ1) is 11.9. The van der Waals surface area contributed by atoms with Crippen molar-refractivity contribution in [2.75, 3.05) is 18.8 Å². The van der Waals surface area contributed by atoms with E-state index in [0.29, 0.717) is 18.7 Å². The molecule has 15 heavy (non-hydrogen) atoms. The normalized spacial score (nSPS) is 14.9. The van der Waals surface area contributed by atoms with Crippen molar-refractivity contribution >= 4 is 5.69 Å². The van der Waals surface area contributed by atoms with Crippen molar-refractivity contribution in [3.05, 3.63) is 24.0 Å². The zero-order valence-corrected chi connectivity index (χ0v) is 9.33. The minimum Gasteiger partial charge on any atom is -0.398 e. The number of nitrogens with two attached hydrogens (primary N) is 1. The lowest BCUT2D eigenvalue weighted by Crippen LogP contribution is -2.39. The number of hydrogen-bond acceptors (Lipinski definition) is 4. The molecule has 0 spiro atoms. The third-order valence-corrected chi connectivity index (χ3v) is 2.27. The van der Waals surface area contributed by atoms with Crippen LogP contribution in [0.3, 0.4) is 0 Å². The maximum Gasteiger partial charge on any atom is 0.0785 e. The standard InChI is InChI=1S/C11H19N3O/c1-3-13-8-11(2,15)6-9-7-14-5-4-10(9)12/h4-5,7,13,15H,3,6,8H2,1-2H3,(H2,12,14). The van der Waals surface area contributed by atoms with Crippen LogP contribution in [0.25, 0.3) is 0 Å². The van der Waals surface area contributed by atoms with E-state index in [4.69, 9.17) is 5.73 Å². The van der Waals surface area contributed by atoms with Crippen LogP contribution < -0.4 is 11.1 Å². The van der Waals surface area contributed by atoms with E-state index >= 15 is 0 Å². The predicted octanol–water partition coefficient (Wildman–Crippen LogP) is 0.567. The number of anilines is 1. The van der Waals surface area contributed by atoms with Gasteiger partial charge in [0.15, 0.2) is 0 Å². The van der Waals surface area contributed by atoms with Gasteiger partial charge >= 0.3 is 0 Å². The summed E-state index contributed by atoms with van der Waals surface area (Å²) in [7, 11) is 0. The van der Waals surface area contributed by atoms with E-state index in [0.717, 1.165) is 12.1 Å². The highest BCUT2D eigenvalue weighted by molar-refractivity contribution is 5.44. The highest BCUT2D eigenvalue weighted by Gasteiger charge is 2.21. The van der Waals surface area contributed by atoms with Crippen LogP contribution in [0.1, 0.15) is 19.4 Å². The summed E-state index contributed by atoms with van der Waals surface area (Å²) in [4.78, 5) is 4.00. The van der Waals surface area contributed by atoms with Crippen LogP contribution in [0, 0.1) is 0 Å². The van der Waals surface area contributed by atoms with Crippen LogP contribution in [-0.2, 0) is 6.42 Å². The number of pyridine rings is 1. The van der Waals surface area contributed by atoms with Gasteiger partial charge in [0.1, 0.15) is 0 Å². The maximum atomic E-state index is 10.1. The topological polar surface area (TPSA) is 71.2 Å². The third kappa shape index (κ3) is 3.85. The van der Waals surface area contributed by atoms with Gasteiger partial charge in [-0.15, -0.1) is 0 Å². The van der Waals surface area contributed by atoms with Crippen molar-refractivity contribution < 1.29 is 5.11 Å². The SMILES string of the molecule is CCNCC(C)(O)Cc1cnccc1N. The van der Waals surface area contributed by atoms with Gasteiger partial charge in [-0.25, -0.2) is 0 Å². The van der Waals surface area contributed by atoms with Crippen LogP contribution in [0.4, 0.5) is 5.69 Å². The fourth-order valence-corrected chi connectivity index (χ4v) is 1.45. The molecule has 0 aliphatic heterocycles. The zero-order chi connectivity index (χ0) is 11.3. The summed E-state index contributed by atoms with van der Waals surface area (Å²) >= 11 is 0. The van der Waals surface area contributed by atoms with Crippen molar-refractivity contribution in [3.63, 3.8) is 0 Å². The Morgan fingerprint density at radius 3 is 2.93 bits per heavy atom. The number of rotatable bonds is 5.